The first-order valence-corrected chi connectivity index (χ1v) is 7.28. The Kier molecular flexibility index (Phi) is 5.04. The lowest BCUT2D eigenvalue weighted by atomic mass is 10.3. The van der Waals surface area contributed by atoms with Crippen molar-refractivity contribution in [2.45, 2.75) is 19.0 Å². The first-order valence-electron chi connectivity index (χ1n) is 5.63. The summed E-state index contributed by atoms with van der Waals surface area (Å²) in [6.07, 6.45) is -5.04. The Labute approximate surface area is 118 Å². The number of nitrogens with one attached hydrogen (secondary N) is 1. The normalized spacial score (nSPS) is 13.4. The maximum absolute atomic E-state index is 12.0. The van der Waals surface area contributed by atoms with Crippen LogP contribution in [0.5, 0.6) is 0 Å². The number of alkyl halides is 3. The van der Waals surface area contributed by atoms with Gasteiger partial charge in [0.1, 0.15) is 5.82 Å². The van der Waals surface area contributed by atoms with Gasteiger partial charge in [-0.05, 0) is 6.42 Å². The summed E-state index contributed by atoms with van der Waals surface area (Å²) >= 11 is 0. The molecule has 0 aliphatic rings. The first-order chi connectivity index (χ1) is 9.56. The van der Waals surface area contributed by atoms with Crippen LogP contribution >= 0.6 is 0 Å². The second-order valence-corrected chi connectivity index (χ2v) is 6.00. The lowest BCUT2D eigenvalue weighted by Gasteiger charge is -2.10. The number of oxime groups is 1. The number of halogens is 3. The van der Waals surface area contributed by atoms with Crippen molar-refractivity contribution in [2.75, 3.05) is 10.5 Å². The fraction of sp³-hybridized carbons (Fsp3) is 0.556. The van der Waals surface area contributed by atoms with Gasteiger partial charge in [0.15, 0.2) is 5.84 Å². The Hall–Kier alpha value is -1.98. The zero-order valence-corrected chi connectivity index (χ0v) is 11.7. The minimum absolute atomic E-state index is 0.0133. The van der Waals surface area contributed by atoms with Crippen molar-refractivity contribution in [3.05, 3.63) is 11.8 Å². The van der Waals surface area contributed by atoms with Crippen molar-refractivity contribution in [1.29, 1.82) is 0 Å². The van der Waals surface area contributed by atoms with Crippen molar-refractivity contribution in [1.82, 2.24) is 9.78 Å². The van der Waals surface area contributed by atoms with E-state index < -0.39 is 34.8 Å². The van der Waals surface area contributed by atoms with Gasteiger partial charge in [0.25, 0.3) is 0 Å². The van der Waals surface area contributed by atoms with E-state index in [0.717, 1.165) is 10.9 Å². The number of aryl methyl sites for hydroxylation is 1. The minimum atomic E-state index is -4.42. The highest BCUT2D eigenvalue weighted by atomic mass is 32.2. The van der Waals surface area contributed by atoms with Gasteiger partial charge >= 0.3 is 6.18 Å². The van der Waals surface area contributed by atoms with Gasteiger partial charge in [-0.1, -0.05) is 5.16 Å². The maximum Gasteiger partial charge on any atom is 0.389 e. The molecule has 0 fully saturated rings. The molecule has 0 aromatic carbocycles. The molecule has 0 unspecified atom stereocenters. The Morgan fingerprint density at radius 2 is 2.19 bits per heavy atom. The molecule has 0 atom stereocenters. The predicted molar refractivity (Wildman–Crippen MR) is 68.4 cm³/mol. The summed E-state index contributed by atoms with van der Waals surface area (Å²) in [7, 11) is -2.63. The van der Waals surface area contributed by atoms with Crippen LogP contribution in [0.4, 0.5) is 19.0 Å². The SMILES string of the molecule is Cn1ncc(C(N)=NO)c1NS(=O)(=O)CCCC(F)(F)F. The molecular weight excluding hydrogens is 315 g/mol. The van der Waals surface area contributed by atoms with Gasteiger partial charge in [0.2, 0.25) is 10.0 Å². The van der Waals surface area contributed by atoms with Gasteiger partial charge in [0.05, 0.1) is 17.5 Å². The molecule has 1 aromatic heterocycles. The molecule has 0 aliphatic carbocycles. The van der Waals surface area contributed by atoms with Gasteiger partial charge in [-0.15, -0.1) is 0 Å². The molecule has 0 aliphatic heterocycles. The molecule has 1 aromatic rings. The quantitative estimate of drug-likeness (QED) is 0.305. The molecule has 0 saturated carbocycles. The van der Waals surface area contributed by atoms with E-state index in [-0.39, 0.29) is 17.2 Å². The van der Waals surface area contributed by atoms with Crippen LogP contribution in [0.15, 0.2) is 11.4 Å². The highest BCUT2D eigenvalue weighted by molar-refractivity contribution is 7.92. The van der Waals surface area contributed by atoms with Crippen molar-refractivity contribution >= 4 is 21.7 Å². The summed E-state index contributed by atoms with van der Waals surface area (Å²) in [6, 6.07) is 0. The van der Waals surface area contributed by atoms with Crippen LogP contribution in [-0.2, 0) is 17.1 Å². The fourth-order valence-corrected chi connectivity index (χ4v) is 2.62. The van der Waals surface area contributed by atoms with Crippen molar-refractivity contribution in [2.24, 2.45) is 17.9 Å². The predicted octanol–water partition coefficient (Wildman–Crippen LogP) is 0.599. The smallest absolute Gasteiger partial charge is 0.389 e. The number of nitrogens with two attached hydrogens (primary N) is 1. The topological polar surface area (TPSA) is 123 Å². The molecule has 21 heavy (non-hydrogen) atoms. The third kappa shape index (κ3) is 5.13. The van der Waals surface area contributed by atoms with E-state index >= 15 is 0 Å². The first kappa shape index (κ1) is 17.1. The van der Waals surface area contributed by atoms with Gasteiger partial charge in [-0.3, -0.25) is 9.40 Å². The van der Waals surface area contributed by atoms with Gasteiger partial charge in [-0.2, -0.15) is 18.3 Å². The third-order valence-electron chi connectivity index (χ3n) is 2.45. The Morgan fingerprint density at radius 3 is 2.71 bits per heavy atom. The summed E-state index contributed by atoms with van der Waals surface area (Å²) in [5, 5.41) is 15.0. The van der Waals surface area contributed by atoms with Crippen molar-refractivity contribution in [3.8, 4) is 0 Å². The number of anilines is 1. The molecule has 0 spiro atoms. The second kappa shape index (κ2) is 6.20. The van der Waals surface area contributed by atoms with Gasteiger partial charge < -0.3 is 10.9 Å². The number of hydrogen-bond acceptors (Lipinski definition) is 5. The van der Waals surface area contributed by atoms with Gasteiger partial charge in [-0.25, -0.2) is 8.42 Å². The lowest BCUT2D eigenvalue weighted by molar-refractivity contribution is -0.134. The third-order valence-corrected chi connectivity index (χ3v) is 3.78. The Bertz CT molecular complexity index is 623. The molecule has 1 heterocycles. The van der Waals surface area contributed by atoms with E-state index in [2.05, 4.69) is 15.0 Å². The van der Waals surface area contributed by atoms with Crippen molar-refractivity contribution in [3.63, 3.8) is 0 Å². The van der Waals surface area contributed by atoms with E-state index in [1.807, 2.05) is 0 Å². The van der Waals surface area contributed by atoms with Crippen molar-refractivity contribution < 1.29 is 26.8 Å². The highest BCUT2D eigenvalue weighted by Crippen LogP contribution is 2.22. The summed E-state index contributed by atoms with van der Waals surface area (Å²) in [5.41, 5.74) is 5.36. The molecule has 0 radical (unpaired) electrons. The van der Waals surface area contributed by atoms with E-state index in [1.165, 1.54) is 7.05 Å². The minimum Gasteiger partial charge on any atom is -0.409 e. The summed E-state index contributed by atoms with van der Waals surface area (Å²) in [5.74, 6) is -1.19. The molecule has 120 valence electrons. The molecular formula is C9H14F3N5O3S. The standard InChI is InChI=1S/C9H14F3N5O3S/c1-17-8(6(5-14-17)7(13)15-18)16-21(19,20)4-2-3-9(10,11)12/h5,16,18H,2-4H2,1H3,(H2,13,15). The molecule has 8 nitrogen and oxygen atoms in total. The van der Waals surface area contributed by atoms with E-state index in [9.17, 15) is 21.6 Å². The molecule has 0 amide bonds. The van der Waals surface area contributed by atoms with E-state index in [4.69, 9.17) is 10.9 Å². The average molecular weight is 329 g/mol. The second-order valence-electron chi connectivity index (χ2n) is 4.16. The van der Waals surface area contributed by atoms with Crippen LogP contribution in [0.25, 0.3) is 0 Å². The summed E-state index contributed by atoms with van der Waals surface area (Å²) in [6.45, 7) is 0. The van der Waals surface area contributed by atoms with Crippen LogP contribution in [0.3, 0.4) is 0 Å². The van der Waals surface area contributed by atoms with Crippen LogP contribution < -0.4 is 10.5 Å². The Morgan fingerprint density at radius 1 is 1.57 bits per heavy atom. The Balaban J connectivity index is 2.83. The lowest BCUT2D eigenvalue weighted by Crippen LogP contribution is -2.23. The average Bonchev–Trinajstić information content (AvgIpc) is 2.67. The summed E-state index contributed by atoms with van der Waals surface area (Å²) < 4.78 is 62.6. The zero-order chi connectivity index (χ0) is 16.3. The maximum atomic E-state index is 12.0. The van der Waals surface area contributed by atoms with E-state index in [1.54, 1.807) is 0 Å². The zero-order valence-electron chi connectivity index (χ0n) is 10.9. The highest BCUT2D eigenvalue weighted by Gasteiger charge is 2.28. The number of aromatic nitrogens is 2. The van der Waals surface area contributed by atoms with Crippen LogP contribution in [0, 0.1) is 0 Å². The molecule has 0 saturated heterocycles. The molecule has 1 rings (SSSR count). The fourth-order valence-electron chi connectivity index (χ4n) is 1.46. The van der Waals surface area contributed by atoms with Crippen LogP contribution in [0.2, 0.25) is 0 Å². The largest absolute Gasteiger partial charge is 0.409 e. The number of rotatable bonds is 6. The van der Waals surface area contributed by atoms with Gasteiger partial charge in [0, 0.05) is 13.5 Å². The monoisotopic (exact) mass is 329 g/mol. The molecule has 12 heteroatoms. The molecule has 0 bridgehead atoms. The van der Waals surface area contributed by atoms with E-state index in [0.29, 0.717) is 0 Å². The number of nitrogens with zero attached hydrogens (tertiary/aromatic N) is 3. The number of hydrogen-bond donors (Lipinski definition) is 3. The number of amidine groups is 1. The number of sulfonamides is 1. The summed E-state index contributed by atoms with van der Waals surface area (Å²) in [4.78, 5) is 0. The molecule has 4 N–H and O–H groups in total. The van der Waals surface area contributed by atoms with Crippen LogP contribution in [-0.4, -0.2) is 41.2 Å². The van der Waals surface area contributed by atoms with Crippen LogP contribution in [0.1, 0.15) is 18.4 Å².